The predicted octanol–water partition coefficient (Wildman–Crippen LogP) is 4.38. The molecular weight excluding hydrogens is 300 g/mol. The summed E-state index contributed by atoms with van der Waals surface area (Å²) < 4.78 is 0. The molecule has 0 unspecified atom stereocenters. The Balaban J connectivity index is 2.02. The lowest BCUT2D eigenvalue weighted by Crippen LogP contribution is -2.11. The van der Waals surface area contributed by atoms with Gasteiger partial charge in [-0.3, -0.25) is 4.79 Å². The van der Waals surface area contributed by atoms with E-state index in [0.29, 0.717) is 5.56 Å². The van der Waals surface area contributed by atoms with E-state index >= 15 is 0 Å². The second-order valence-electron chi connectivity index (χ2n) is 4.30. The second kappa shape index (κ2) is 7.77. The molecule has 0 heterocycles. The average Bonchev–Trinajstić information content (AvgIpc) is 2.50. The van der Waals surface area contributed by atoms with Gasteiger partial charge in [0.05, 0.1) is 0 Å². The van der Waals surface area contributed by atoms with Crippen LogP contribution in [0.4, 0.5) is 5.69 Å². The lowest BCUT2D eigenvalue weighted by Gasteiger charge is -2.06. The van der Waals surface area contributed by atoms with Crippen molar-refractivity contribution in [3.63, 3.8) is 0 Å². The molecule has 106 valence electrons. The number of anilines is 1. The van der Waals surface area contributed by atoms with E-state index < -0.39 is 0 Å². The van der Waals surface area contributed by atoms with Crippen molar-refractivity contribution in [3.05, 3.63) is 59.7 Å². The van der Waals surface area contributed by atoms with Crippen molar-refractivity contribution in [1.82, 2.24) is 0 Å². The standard InChI is InChI=1S/C16H14N2OS2/c1-20-10-12-2-4-13(5-3-12)16(19)18-14-6-8-15(9-7-14)21-11-17/h2-9H,10H2,1H3,(H,18,19). The Kier molecular flexibility index (Phi) is 5.73. The summed E-state index contributed by atoms with van der Waals surface area (Å²) in [4.78, 5) is 13.0. The summed E-state index contributed by atoms with van der Waals surface area (Å²) in [7, 11) is 0. The van der Waals surface area contributed by atoms with Gasteiger partial charge in [-0.15, -0.1) is 0 Å². The first-order chi connectivity index (χ1) is 10.2. The lowest BCUT2D eigenvalue weighted by atomic mass is 10.1. The maximum atomic E-state index is 12.1. The summed E-state index contributed by atoms with van der Waals surface area (Å²) in [5.41, 5.74) is 2.56. The van der Waals surface area contributed by atoms with Gasteiger partial charge in [-0.25, -0.2) is 0 Å². The van der Waals surface area contributed by atoms with Gasteiger partial charge in [-0.1, -0.05) is 12.1 Å². The van der Waals surface area contributed by atoms with Crippen LogP contribution in [0.15, 0.2) is 53.4 Å². The van der Waals surface area contributed by atoms with Crippen LogP contribution < -0.4 is 5.32 Å². The van der Waals surface area contributed by atoms with Crippen LogP contribution in [0.3, 0.4) is 0 Å². The van der Waals surface area contributed by atoms with Gasteiger partial charge in [0.15, 0.2) is 0 Å². The lowest BCUT2D eigenvalue weighted by molar-refractivity contribution is 0.102. The summed E-state index contributed by atoms with van der Waals surface area (Å²) in [6, 6.07) is 14.8. The third-order valence-electron chi connectivity index (χ3n) is 2.80. The van der Waals surface area contributed by atoms with E-state index in [1.165, 1.54) is 5.56 Å². The maximum absolute atomic E-state index is 12.1. The fraction of sp³-hybridized carbons (Fsp3) is 0.125. The normalized spacial score (nSPS) is 9.90. The summed E-state index contributed by atoms with van der Waals surface area (Å²) in [5, 5.41) is 13.4. The van der Waals surface area contributed by atoms with Crippen LogP contribution in [-0.2, 0) is 5.75 Å². The third-order valence-corrected chi connectivity index (χ3v) is 4.02. The van der Waals surface area contributed by atoms with Gasteiger partial charge < -0.3 is 5.32 Å². The number of nitrogens with one attached hydrogen (secondary N) is 1. The van der Waals surface area contributed by atoms with Crippen molar-refractivity contribution in [2.75, 3.05) is 11.6 Å². The first-order valence-corrected chi connectivity index (χ1v) is 8.49. The average molecular weight is 314 g/mol. The Bertz CT molecular complexity index is 645. The van der Waals surface area contributed by atoms with Crippen molar-refractivity contribution in [1.29, 1.82) is 5.26 Å². The van der Waals surface area contributed by atoms with Gasteiger partial charge in [-0.2, -0.15) is 17.0 Å². The molecular formula is C16H14N2OS2. The molecule has 0 spiro atoms. The SMILES string of the molecule is CSCc1ccc(C(=O)Nc2ccc(SC#N)cc2)cc1. The monoisotopic (exact) mass is 314 g/mol. The fourth-order valence-corrected chi connectivity index (χ4v) is 2.68. The van der Waals surface area contributed by atoms with Crippen LogP contribution in [0.25, 0.3) is 0 Å². The number of nitrogens with zero attached hydrogens (tertiary/aromatic N) is 1. The Hall–Kier alpha value is -1.90. The number of carbonyl (C=O) groups excluding carboxylic acids is 1. The molecule has 2 rings (SSSR count). The highest BCUT2D eigenvalue weighted by molar-refractivity contribution is 8.03. The zero-order chi connectivity index (χ0) is 15.1. The Morgan fingerprint density at radius 1 is 1.14 bits per heavy atom. The van der Waals surface area contributed by atoms with E-state index in [1.54, 1.807) is 23.9 Å². The van der Waals surface area contributed by atoms with Crippen LogP contribution in [-0.4, -0.2) is 12.2 Å². The molecule has 0 aliphatic rings. The molecule has 21 heavy (non-hydrogen) atoms. The Morgan fingerprint density at radius 3 is 2.38 bits per heavy atom. The van der Waals surface area contributed by atoms with E-state index in [-0.39, 0.29) is 5.91 Å². The molecule has 1 N–H and O–H groups in total. The number of thioether (sulfide) groups is 2. The molecule has 0 aliphatic carbocycles. The highest BCUT2D eigenvalue weighted by Gasteiger charge is 2.06. The molecule has 0 atom stereocenters. The molecule has 1 amide bonds. The van der Waals surface area contributed by atoms with E-state index in [2.05, 4.69) is 11.6 Å². The molecule has 3 nitrogen and oxygen atoms in total. The first kappa shape index (κ1) is 15.5. The minimum Gasteiger partial charge on any atom is -0.322 e. The van der Waals surface area contributed by atoms with Crippen LogP contribution in [0.2, 0.25) is 0 Å². The fourth-order valence-electron chi connectivity index (χ4n) is 1.78. The highest BCUT2D eigenvalue weighted by atomic mass is 32.2. The zero-order valence-electron chi connectivity index (χ0n) is 11.5. The van der Waals surface area contributed by atoms with Crippen LogP contribution in [0.1, 0.15) is 15.9 Å². The second-order valence-corrected chi connectivity index (χ2v) is 6.03. The molecule has 2 aromatic carbocycles. The van der Waals surface area contributed by atoms with Crippen molar-refractivity contribution in [3.8, 4) is 5.40 Å². The zero-order valence-corrected chi connectivity index (χ0v) is 13.1. The van der Waals surface area contributed by atoms with Gasteiger partial charge in [-0.05, 0) is 60.0 Å². The molecule has 0 radical (unpaired) electrons. The van der Waals surface area contributed by atoms with Gasteiger partial charge in [0, 0.05) is 21.9 Å². The molecule has 0 fully saturated rings. The van der Waals surface area contributed by atoms with Crippen molar-refractivity contribution in [2.24, 2.45) is 0 Å². The number of nitriles is 1. The molecule has 0 bridgehead atoms. The molecule has 0 saturated carbocycles. The molecule has 2 aromatic rings. The quantitative estimate of drug-likeness (QED) is 0.657. The molecule has 0 saturated heterocycles. The topological polar surface area (TPSA) is 52.9 Å². The van der Waals surface area contributed by atoms with Gasteiger partial charge >= 0.3 is 0 Å². The number of hydrogen-bond donors (Lipinski definition) is 1. The van der Waals surface area contributed by atoms with Gasteiger partial charge in [0.1, 0.15) is 5.40 Å². The highest BCUT2D eigenvalue weighted by Crippen LogP contribution is 2.19. The number of thiocyanates is 1. The van der Waals surface area contributed by atoms with E-state index in [4.69, 9.17) is 5.26 Å². The maximum Gasteiger partial charge on any atom is 0.255 e. The van der Waals surface area contributed by atoms with Crippen LogP contribution in [0.5, 0.6) is 0 Å². The molecule has 5 heteroatoms. The minimum atomic E-state index is -0.133. The number of rotatable bonds is 5. The summed E-state index contributed by atoms with van der Waals surface area (Å²) in [6.45, 7) is 0. The van der Waals surface area contributed by atoms with Crippen molar-refractivity contribution >= 4 is 35.1 Å². The van der Waals surface area contributed by atoms with Gasteiger partial charge in [0.2, 0.25) is 0 Å². The number of amides is 1. The largest absolute Gasteiger partial charge is 0.322 e. The van der Waals surface area contributed by atoms with E-state index in [1.807, 2.05) is 41.8 Å². The van der Waals surface area contributed by atoms with Crippen molar-refractivity contribution < 1.29 is 4.79 Å². The van der Waals surface area contributed by atoms with E-state index in [0.717, 1.165) is 28.1 Å². The summed E-state index contributed by atoms with van der Waals surface area (Å²) in [5.74, 6) is 0.811. The van der Waals surface area contributed by atoms with Crippen molar-refractivity contribution in [2.45, 2.75) is 10.6 Å². The number of hydrogen-bond acceptors (Lipinski definition) is 4. The summed E-state index contributed by atoms with van der Waals surface area (Å²) in [6.07, 6.45) is 2.05. The van der Waals surface area contributed by atoms with Crippen LogP contribution in [0, 0.1) is 10.7 Å². The number of benzene rings is 2. The first-order valence-electron chi connectivity index (χ1n) is 6.28. The minimum absolute atomic E-state index is 0.133. The molecule has 0 aromatic heterocycles. The van der Waals surface area contributed by atoms with Crippen LogP contribution >= 0.6 is 23.5 Å². The molecule has 0 aliphatic heterocycles. The van der Waals surface area contributed by atoms with E-state index in [9.17, 15) is 4.79 Å². The number of carbonyl (C=O) groups is 1. The smallest absolute Gasteiger partial charge is 0.255 e. The van der Waals surface area contributed by atoms with Gasteiger partial charge in [0.25, 0.3) is 5.91 Å². The Labute approximate surface area is 132 Å². The Morgan fingerprint density at radius 2 is 1.81 bits per heavy atom. The predicted molar refractivity (Wildman–Crippen MR) is 89.5 cm³/mol. The summed E-state index contributed by atoms with van der Waals surface area (Å²) >= 11 is 2.85. The third kappa shape index (κ3) is 4.55.